The number of halogens is 14. The van der Waals surface area contributed by atoms with Crippen LogP contribution >= 0.6 is 23.2 Å². The van der Waals surface area contributed by atoms with Crippen molar-refractivity contribution in [1.29, 1.82) is 0 Å². The fourth-order valence-corrected chi connectivity index (χ4v) is 4.79. The molecule has 0 radical (unpaired) electrons. The van der Waals surface area contributed by atoms with Gasteiger partial charge in [-0.1, -0.05) is 23.2 Å². The number of hydrogen-bond donors (Lipinski definition) is 1. The first-order valence-electron chi connectivity index (χ1n) is 10.1. The van der Waals surface area contributed by atoms with Gasteiger partial charge in [0.25, 0.3) is 0 Å². The van der Waals surface area contributed by atoms with Crippen LogP contribution in [0.25, 0.3) is 0 Å². The standard InChI is InChI=1S/C18H17Cl2F12N3/c19-9-11(15(25,26)17(29,30)13(9,21)22)34-5-1-3-33-4-8-35(7-2-6-34)12-10(20)14(23,24)18(31,32)16(12,27)28/h33H,1-8H2. The van der Waals surface area contributed by atoms with Gasteiger partial charge in [-0.15, -0.1) is 0 Å². The van der Waals surface area contributed by atoms with Gasteiger partial charge >= 0.3 is 35.5 Å². The molecule has 2 aliphatic carbocycles. The highest BCUT2D eigenvalue weighted by Gasteiger charge is 2.82. The molecule has 1 saturated heterocycles. The largest absolute Gasteiger partial charge is 0.383 e. The molecule has 0 unspecified atom stereocenters. The molecule has 0 bridgehead atoms. The van der Waals surface area contributed by atoms with Crippen molar-refractivity contribution in [2.75, 3.05) is 39.3 Å². The first-order valence-corrected chi connectivity index (χ1v) is 10.8. The fraction of sp³-hybridized carbons (Fsp3) is 0.778. The van der Waals surface area contributed by atoms with Gasteiger partial charge in [0.2, 0.25) is 0 Å². The maximum atomic E-state index is 14.3. The number of nitrogens with zero attached hydrogens (tertiary/aromatic N) is 2. The van der Waals surface area contributed by atoms with E-state index in [1.807, 2.05) is 0 Å². The number of nitrogens with one attached hydrogen (secondary N) is 1. The van der Waals surface area contributed by atoms with Crippen molar-refractivity contribution < 1.29 is 52.7 Å². The lowest BCUT2D eigenvalue weighted by Crippen LogP contribution is -2.51. The minimum absolute atomic E-state index is 0.0803. The minimum Gasteiger partial charge on any atom is -0.369 e. The van der Waals surface area contributed by atoms with Gasteiger partial charge < -0.3 is 15.1 Å². The van der Waals surface area contributed by atoms with E-state index >= 15 is 0 Å². The molecule has 0 amide bonds. The molecule has 202 valence electrons. The van der Waals surface area contributed by atoms with Crippen LogP contribution in [0.1, 0.15) is 12.8 Å². The van der Waals surface area contributed by atoms with E-state index in [1.54, 1.807) is 0 Å². The molecule has 17 heteroatoms. The van der Waals surface area contributed by atoms with Gasteiger partial charge in [-0.05, 0) is 19.4 Å². The highest BCUT2D eigenvalue weighted by Crippen LogP contribution is 2.62. The normalized spacial score (nSPS) is 30.0. The Balaban J connectivity index is 1.92. The topological polar surface area (TPSA) is 18.5 Å². The molecule has 1 N–H and O–H groups in total. The Morgan fingerprint density at radius 3 is 1.26 bits per heavy atom. The molecule has 1 aliphatic heterocycles. The molecule has 3 rings (SSSR count). The third-order valence-electron chi connectivity index (χ3n) is 5.97. The van der Waals surface area contributed by atoms with E-state index in [-0.39, 0.29) is 19.5 Å². The van der Waals surface area contributed by atoms with E-state index in [2.05, 4.69) is 5.32 Å². The summed E-state index contributed by atoms with van der Waals surface area (Å²) in [6, 6.07) is 0. The number of allylic oxidation sites excluding steroid dienone is 4. The van der Waals surface area contributed by atoms with E-state index in [1.165, 1.54) is 0 Å². The van der Waals surface area contributed by atoms with E-state index < -0.39 is 89.6 Å². The van der Waals surface area contributed by atoms with Gasteiger partial charge in [-0.3, -0.25) is 0 Å². The summed E-state index contributed by atoms with van der Waals surface area (Å²) in [7, 11) is 0. The summed E-state index contributed by atoms with van der Waals surface area (Å²) in [6.07, 6.45) is -0.640. The maximum Gasteiger partial charge on any atom is 0.383 e. The predicted molar refractivity (Wildman–Crippen MR) is 101 cm³/mol. The lowest BCUT2D eigenvalue weighted by Gasteiger charge is -2.33. The van der Waals surface area contributed by atoms with Gasteiger partial charge in [-0.25, -0.2) is 0 Å². The van der Waals surface area contributed by atoms with E-state index in [4.69, 9.17) is 23.2 Å². The Kier molecular flexibility index (Phi) is 7.03. The zero-order valence-electron chi connectivity index (χ0n) is 17.3. The molecule has 0 aromatic carbocycles. The van der Waals surface area contributed by atoms with Crippen LogP contribution in [0.4, 0.5) is 52.7 Å². The Labute approximate surface area is 200 Å². The SMILES string of the molecule is FC1(F)C(Cl)=C(N2CCCNCCN(C3=C(Cl)C(F)(F)C(F)(F)C3(F)F)CCC2)C(F)(F)C1(F)F. The summed E-state index contributed by atoms with van der Waals surface area (Å²) in [5.74, 6) is -33.3. The Morgan fingerprint density at radius 2 is 0.886 bits per heavy atom. The summed E-state index contributed by atoms with van der Waals surface area (Å²) in [4.78, 5) is 0.827. The minimum atomic E-state index is -5.86. The monoisotopic (exact) mass is 573 g/mol. The van der Waals surface area contributed by atoms with Crippen molar-refractivity contribution >= 4 is 23.2 Å². The van der Waals surface area contributed by atoms with Gasteiger partial charge in [0.15, 0.2) is 0 Å². The van der Waals surface area contributed by atoms with Crippen molar-refractivity contribution in [3.8, 4) is 0 Å². The number of hydrogen-bond acceptors (Lipinski definition) is 3. The van der Waals surface area contributed by atoms with Crippen molar-refractivity contribution in [2.24, 2.45) is 0 Å². The second-order valence-electron chi connectivity index (χ2n) is 8.20. The average molecular weight is 574 g/mol. The van der Waals surface area contributed by atoms with Crippen LogP contribution in [0.3, 0.4) is 0 Å². The highest BCUT2D eigenvalue weighted by molar-refractivity contribution is 6.31. The molecule has 0 atom stereocenters. The molecular weight excluding hydrogens is 557 g/mol. The molecule has 3 nitrogen and oxygen atoms in total. The molecule has 35 heavy (non-hydrogen) atoms. The van der Waals surface area contributed by atoms with Crippen LogP contribution < -0.4 is 5.32 Å². The highest BCUT2D eigenvalue weighted by atomic mass is 35.5. The summed E-state index contributed by atoms with van der Waals surface area (Å²) >= 11 is 10.5. The van der Waals surface area contributed by atoms with Crippen LogP contribution in [0.5, 0.6) is 0 Å². The summed E-state index contributed by atoms with van der Waals surface area (Å²) in [5.41, 5.74) is -3.73. The first kappa shape index (κ1) is 28.4. The second kappa shape index (κ2) is 8.67. The van der Waals surface area contributed by atoms with Gasteiger partial charge in [-0.2, -0.15) is 52.7 Å². The van der Waals surface area contributed by atoms with Crippen LogP contribution in [0.15, 0.2) is 21.5 Å². The second-order valence-corrected chi connectivity index (χ2v) is 8.96. The Bertz CT molecular complexity index is 846. The van der Waals surface area contributed by atoms with Crippen molar-refractivity contribution in [2.45, 2.75) is 48.4 Å². The quantitative estimate of drug-likeness (QED) is 0.427. The molecule has 0 saturated carbocycles. The summed E-state index contributed by atoms with van der Waals surface area (Å²) in [5, 5.41) is -1.59. The predicted octanol–water partition coefficient (Wildman–Crippen LogP) is 5.71. The number of rotatable bonds is 2. The Morgan fingerprint density at radius 1 is 0.514 bits per heavy atom. The van der Waals surface area contributed by atoms with Crippen LogP contribution in [-0.2, 0) is 0 Å². The van der Waals surface area contributed by atoms with Gasteiger partial charge in [0, 0.05) is 32.7 Å². The molecule has 0 spiro atoms. The van der Waals surface area contributed by atoms with Gasteiger partial charge in [0.1, 0.15) is 21.5 Å². The molecule has 1 heterocycles. The third kappa shape index (κ3) is 3.85. The van der Waals surface area contributed by atoms with E-state index in [9.17, 15) is 52.7 Å². The lowest BCUT2D eigenvalue weighted by molar-refractivity contribution is -0.267. The smallest absolute Gasteiger partial charge is 0.369 e. The van der Waals surface area contributed by atoms with E-state index in [0.717, 1.165) is 0 Å². The molecule has 1 fully saturated rings. The molecular formula is C18H17Cl2F12N3. The van der Waals surface area contributed by atoms with Gasteiger partial charge in [0.05, 0.1) is 0 Å². The summed E-state index contributed by atoms with van der Waals surface area (Å²) < 4.78 is 168. The third-order valence-corrected chi connectivity index (χ3v) is 6.80. The molecule has 3 aliphatic rings. The molecule has 0 aromatic rings. The number of alkyl halides is 12. The van der Waals surface area contributed by atoms with Crippen molar-refractivity contribution in [3.05, 3.63) is 21.5 Å². The zero-order valence-corrected chi connectivity index (χ0v) is 18.9. The Hall–Kier alpha value is -1.22. The zero-order chi connectivity index (χ0) is 26.8. The first-order chi connectivity index (χ1) is 15.8. The van der Waals surface area contributed by atoms with Crippen molar-refractivity contribution in [3.63, 3.8) is 0 Å². The lowest BCUT2D eigenvalue weighted by atomic mass is 10.1. The average Bonchev–Trinajstić information content (AvgIpc) is 2.87. The van der Waals surface area contributed by atoms with Crippen molar-refractivity contribution in [1.82, 2.24) is 15.1 Å². The summed E-state index contributed by atoms with van der Waals surface area (Å²) in [6.45, 7) is -2.83. The van der Waals surface area contributed by atoms with Crippen LogP contribution in [0.2, 0.25) is 0 Å². The fourth-order valence-electron chi connectivity index (χ4n) is 4.07. The molecule has 0 aromatic heterocycles. The van der Waals surface area contributed by atoms with Crippen LogP contribution in [0, 0.1) is 0 Å². The van der Waals surface area contributed by atoms with E-state index in [0.29, 0.717) is 9.80 Å². The maximum absolute atomic E-state index is 14.3. The van der Waals surface area contributed by atoms with Crippen LogP contribution in [-0.4, -0.2) is 84.6 Å².